The standard InChI is InChI=1S/C19H18Cl3N3O3/c1-10(2)17(24-18(27)11-3-5-14(21)15(22)8-11)19(28)25-23-9-12-7-13(20)4-6-16(12)26/h3-10,17,26H,1-2H3,(H,24,27)(H,25,28). The van der Waals surface area contributed by atoms with Crippen LogP contribution in [0.1, 0.15) is 29.8 Å². The molecule has 0 radical (unpaired) electrons. The van der Waals surface area contributed by atoms with Gasteiger partial charge in [0.25, 0.3) is 11.8 Å². The van der Waals surface area contributed by atoms with E-state index in [0.29, 0.717) is 15.6 Å². The molecule has 9 heteroatoms. The van der Waals surface area contributed by atoms with E-state index in [1.165, 1.54) is 42.6 Å². The molecule has 0 heterocycles. The van der Waals surface area contributed by atoms with Crippen LogP contribution < -0.4 is 10.7 Å². The SMILES string of the molecule is CC(C)C(NC(=O)c1ccc(Cl)c(Cl)c1)C(=O)NN=Cc1cc(Cl)ccc1O. The number of phenols is 1. The van der Waals surface area contributed by atoms with Gasteiger partial charge in [0.2, 0.25) is 0 Å². The van der Waals surface area contributed by atoms with Gasteiger partial charge >= 0.3 is 0 Å². The lowest BCUT2D eigenvalue weighted by Gasteiger charge is -2.20. The van der Waals surface area contributed by atoms with Crippen LogP contribution in [0.3, 0.4) is 0 Å². The molecular formula is C19H18Cl3N3O3. The summed E-state index contributed by atoms with van der Waals surface area (Å²) in [6.45, 7) is 3.57. The van der Waals surface area contributed by atoms with Crippen molar-refractivity contribution in [3.63, 3.8) is 0 Å². The number of amides is 2. The van der Waals surface area contributed by atoms with Crippen molar-refractivity contribution in [1.29, 1.82) is 0 Å². The van der Waals surface area contributed by atoms with Crippen LogP contribution in [0.25, 0.3) is 0 Å². The summed E-state index contributed by atoms with van der Waals surface area (Å²) in [5, 5.41) is 17.2. The number of rotatable bonds is 6. The Morgan fingerprint density at radius 1 is 1.07 bits per heavy atom. The first-order valence-electron chi connectivity index (χ1n) is 8.26. The van der Waals surface area contributed by atoms with E-state index in [-0.39, 0.29) is 22.3 Å². The molecule has 6 nitrogen and oxygen atoms in total. The van der Waals surface area contributed by atoms with Gasteiger partial charge in [-0.05, 0) is 42.3 Å². The van der Waals surface area contributed by atoms with E-state index in [9.17, 15) is 14.7 Å². The Balaban J connectivity index is 2.07. The number of hydrogen-bond donors (Lipinski definition) is 3. The van der Waals surface area contributed by atoms with Crippen molar-refractivity contribution in [3.8, 4) is 5.75 Å². The van der Waals surface area contributed by atoms with E-state index in [4.69, 9.17) is 34.8 Å². The number of nitrogens with zero attached hydrogens (tertiary/aromatic N) is 1. The molecule has 3 N–H and O–H groups in total. The van der Waals surface area contributed by atoms with Crippen molar-refractivity contribution in [3.05, 3.63) is 62.6 Å². The van der Waals surface area contributed by atoms with Crippen molar-refractivity contribution in [2.24, 2.45) is 11.0 Å². The maximum atomic E-state index is 12.4. The van der Waals surface area contributed by atoms with Crippen LogP contribution in [-0.4, -0.2) is 29.2 Å². The minimum Gasteiger partial charge on any atom is -0.507 e. The second-order valence-electron chi connectivity index (χ2n) is 6.26. The van der Waals surface area contributed by atoms with Gasteiger partial charge in [-0.2, -0.15) is 5.10 Å². The fourth-order valence-corrected chi connectivity index (χ4v) is 2.74. The lowest BCUT2D eigenvalue weighted by atomic mass is 10.0. The van der Waals surface area contributed by atoms with E-state index >= 15 is 0 Å². The maximum absolute atomic E-state index is 12.4. The Morgan fingerprint density at radius 3 is 2.43 bits per heavy atom. The van der Waals surface area contributed by atoms with Gasteiger partial charge in [0.15, 0.2) is 0 Å². The Morgan fingerprint density at radius 2 is 1.79 bits per heavy atom. The summed E-state index contributed by atoms with van der Waals surface area (Å²) in [6, 6.07) is 8.05. The molecule has 0 saturated carbocycles. The van der Waals surface area contributed by atoms with Crippen LogP contribution in [0.2, 0.25) is 15.1 Å². The highest BCUT2D eigenvalue weighted by Gasteiger charge is 2.24. The number of halogens is 3. The Kier molecular flexibility index (Phi) is 7.69. The predicted molar refractivity (Wildman–Crippen MR) is 111 cm³/mol. The molecule has 2 aromatic carbocycles. The van der Waals surface area contributed by atoms with E-state index in [0.717, 1.165) is 0 Å². The zero-order valence-electron chi connectivity index (χ0n) is 15.0. The van der Waals surface area contributed by atoms with Gasteiger partial charge in [-0.15, -0.1) is 0 Å². The smallest absolute Gasteiger partial charge is 0.262 e. The van der Waals surface area contributed by atoms with E-state index in [1.54, 1.807) is 13.8 Å². The molecule has 0 spiro atoms. The first-order chi connectivity index (χ1) is 13.2. The monoisotopic (exact) mass is 441 g/mol. The van der Waals surface area contributed by atoms with E-state index < -0.39 is 17.9 Å². The molecule has 2 amide bonds. The van der Waals surface area contributed by atoms with Crippen molar-refractivity contribution >= 4 is 52.8 Å². The molecule has 0 saturated heterocycles. The fourth-order valence-electron chi connectivity index (χ4n) is 2.26. The quantitative estimate of drug-likeness (QED) is 0.461. The Labute approximate surface area is 177 Å². The minimum absolute atomic E-state index is 0.0317. The molecule has 0 aliphatic carbocycles. The summed E-state index contributed by atoms with van der Waals surface area (Å²) in [7, 11) is 0. The van der Waals surface area contributed by atoms with E-state index in [1.807, 2.05) is 0 Å². The summed E-state index contributed by atoms with van der Waals surface area (Å²) in [6.07, 6.45) is 1.26. The molecule has 1 atom stereocenters. The molecule has 2 rings (SSSR count). The molecule has 2 aromatic rings. The highest BCUT2D eigenvalue weighted by molar-refractivity contribution is 6.42. The number of phenolic OH excluding ortho intramolecular Hbond substituents is 1. The number of carbonyl (C=O) groups is 2. The fraction of sp³-hybridized carbons (Fsp3) is 0.211. The Bertz CT molecular complexity index is 917. The average molecular weight is 443 g/mol. The van der Waals surface area contributed by atoms with Crippen molar-refractivity contribution in [2.45, 2.75) is 19.9 Å². The van der Waals surface area contributed by atoms with Crippen molar-refractivity contribution in [2.75, 3.05) is 0 Å². The van der Waals surface area contributed by atoms with Crippen molar-refractivity contribution in [1.82, 2.24) is 10.7 Å². The molecule has 148 valence electrons. The van der Waals surface area contributed by atoms with Gasteiger partial charge in [-0.3, -0.25) is 9.59 Å². The zero-order chi connectivity index (χ0) is 20.8. The molecule has 0 bridgehead atoms. The van der Waals surface area contributed by atoms with Gasteiger partial charge < -0.3 is 10.4 Å². The molecule has 0 aliphatic heterocycles. The summed E-state index contributed by atoms with van der Waals surface area (Å²) < 4.78 is 0. The number of hydrogen-bond acceptors (Lipinski definition) is 4. The largest absolute Gasteiger partial charge is 0.507 e. The summed E-state index contributed by atoms with van der Waals surface area (Å²) >= 11 is 17.6. The molecule has 0 aromatic heterocycles. The van der Waals surface area contributed by atoms with Crippen LogP contribution in [0.5, 0.6) is 5.75 Å². The topological polar surface area (TPSA) is 90.8 Å². The van der Waals surface area contributed by atoms with Gasteiger partial charge in [-0.25, -0.2) is 5.43 Å². The molecule has 28 heavy (non-hydrogen) atoms. The van der Waals surface area contributed by atoms with Crippen LogP contribution in [-0.2, 0) is 4.79 Å². The first-order valence-corrected chi connectivity index (χ1v) is 9.39. The highest BCUT2D eigenvalue weighted by Crippen LogP contribution is 2.23. The number of nitrogens with one attached hydrogen (secondary N) is 2. The van der Waals surface area contributed by atoms with Crippen LogP contribution >= 0.6 is 34.8 Å². The molecule has 0 aliphatic rings. The number of hydrazone groups is 1. The second kappa shape index (κ2) is 9.78. The molecule has 0 fully saturated rings. The predicted octanol–water partition coefficient (Wildman–Crippen LogP) is 4.26. The third kappa shape index (κ3) is 5.86. The molecular weight excluding hydrogens is 425 g/mol. The average Bonchev–Trinajstić information content (AvgIpc) is 2.64. The number of benzene rings is 2. The number of aromatic hydroxyl groups is 1. The van der Waals surface area contributed by atoms with Crippen LogP contribution in [0.15, 0.2) is 41.5 Å². The van der Waals surface area contributed by atoms with Gasteiger partial charge in [0.05, 0.1) is 16.3 Å². The van der Waals surface area contributed by atoms with E-state index in [2.05, 4.69) is 15.8 Å². The summed E-state index contributed by atoms with van der Waals surface area (Å²) in [4.78, 5) is 24.9. The normalized spacial score (nSPS) is 12.2. The summed E-state index contributed by atoms with van der Waals surface area (Å²) in [5.74, 6) is -1.22. The molecule has 1 unspecified atom stereocenters. The van der Waals surface area contributed by atoms with Crippen LogP contribution in [0, 0.1) is 5.92 Å². The van der Waals surface area contributed by atoms with Crippen molar-refractivity contribution < 1.29 is 14.7 Å². The highest BCUT2D eigenvalue weighted by atomic mass is 35.5. The third-order valence-electron chi connectivity index (χ3n) is 3.79. The Hall–Kier alpha value is -2.28. The third-order valence-corrected chi connectivity index (χ3v) is 4.76. The first kappa shape index (κ1) is 22.0. The van der Waals surface area contributed by atoms with Gasteiger partial charge in [-0.1, -0.05) is 48.7 Å². The minimum atomic E-state index is -0.841. The maximum Gasteiger partial charge on any atom is 0.262 e. The van der Waals surface area contributed by atoms with Gasteiger partial charge in [0, 0.05) is 16.1 Å². The zero-order valence-corrected chi connectivity index (χ0v) is 17.3. The lowest BCUT2D eigenvalue weighted by Crippen LogP contribution is -2.48. The van der Waals surface area contributed by atoms with Gasteiger partial charge in [0.1, 0.15) is 11.8 Å². The number of carbonyl (C=O) groups excluding carboxylic acids is 2. The van der Waals surface area contributed by atoms with Crippen LogP contribution in [0.4, 0.5) is 0 Å². The second-order valence-corrected chi connectivity index (χ2v) is 7.51. The summed E-state index contributed by atoms with van der Waals surface area (Å²) in [5.41, 5.74) is 2.97. The lowest BCUT2D eigenvalue weighted by molar-refractivity contribution is -0.123.